The fraction of sp³-hybridized carbons (Fsp3) is 0.875. The topological polar surface area (TPSA) is 81.8 Å². The van der Waals surface area contributed by atoms with Gasteiger partial charge in [0.25, 0.3) is 0 Å². The first-order valence-electron chi connectivity index (χ1n) is 4.25. The van der Waals surface area contributed by atoms with Gasteiger partial charge in [-0.2, -0.15) is 0 Å². The molecule has 0 radical (unpaired) electrons. The minimum absolute atomic E-state index is 0.321. The minimum atomic E-state index is -0.956. The molecule has 5 heteroatoms. The molecule has 0 aromatic rings. The first kappa shape index (κ1) is 12.3. The highest BCUT2D eigenvalue weighted by molar-refractivity contribution is 5.72. The Hall–Kier alpha value is -0.650. The van der Waals surface area contributed by atoms with E-state index in [9.17, 15) is 4.79 Å². The Morgan fingerprint density at radius 2 is 2.23 bits per heavy atom. The van der Waals surface area contributed by atoms with Gasteiger partial charge in [0.15, 0.2) is 6.10 Å². The van der Waals surface area contributed by atoms with Crippen LogP contribution in [0.2, 0.25) is 0 Å². The van der Waals surface area contributed by atoms with Crippen LogP contribution in [0.1, 0.15) is 12.8 Å². The molecule has 0 rings (SSSR count). The molecule has 0 bridgehead atoms. The molecular weight excluding hydrogens is 174 g/mol. The molecule has 1 unspecified atom stereocenters. The van der Waals surface area contributed by atoms with E-state index in [1.165, 1.54) is 0 Å². The van der Waals surface area contributed by atoms with Crippen LogP contribution in [0.25, 0.3) is 0 Å². The summed E-state index contributed by atoms with van der Waals surface area (Å²) < 4.78 is 9.88. The van der Waals surface area contributed by atoms with E-state index in [0.29, 0.717) is 32.6 Å². The number of carboxylic acids is 1. The maximum atomic E-state index is 10.5. The Morgan fingerprint density at radius 1 is 1.54 bits per heavy atom. The summed E-state index contributed by atoms with van der Waals surface area (Å²) >= 11 is 0. The second kappa shape index (κ2) is 7.97. The van der Waals surface area contributed by atoms with Crippen LogP contribution in [0.4, 0.5) is 0 Å². The summed E-state index contributed by atoms with van der Waals surface area (Å²) in [7, 11) is 1.59. The zero-order valence-electron chi connectivity index (χ0n) is 7.86. The maximum absolute atomic E-state index is 10.5. The summed E-state index contributed by atoms with van der Waals surface area (Å²) in [6, 6.07) is 0. The SMILES string of the molecule is COCCCOC(CCN)C(=O)O. The molecule has 0 aliphatic rings. The van der Waals surface area contributed by atoms with Crippen molar-refractivity contribution in [1.82, 2.24) is 0 Å². The summed E-state index contributed by atoms with van der Waals surface area (Å²) in [6.45, 7) is 1.29. The summed E-state index contributed by atoms with van der Waals surface area (Å²) in [5.74, 6) is -0.956. The van der Waals surface area contributed by atoms with Crippen LogP contribution < -0.4 is 5.73 Å². The molecule has 0 heterocycles. The Labute approximate surface area is 77.8 Å². The summed E-state index contributed by atoms with van der Waals surface area (Å²) in [4.78, 5) is 10.5. The molecular formula is C8H17NO4. The molecule has 13 heavy (non-hydrogen) atoms. The molecule has 0 aliphatic carbocycles. The van der Waals surface area contributed by atoms with Gasteiger partial charge in [-0.05, 0) is 19.4 Å². The summed E-state index contributed by atoms with van der Waals surface area (Å²) in [6.07, 6.45) is 0.273. The third-order valence-electron chi connectivity index (χ3n) is 1.52. The highest BCUT2D eigenvalue weighted by atomic mass is 16.5. The summed E-state index contributed by atoms with van der Waals surface area (Å²) in [5.41, 5.74) is 5.23. The van der Waals surface area contributed by atoms with Crippen molar-refractivity contribution >= 4 is 5.97 Å². The van der Waals surface area contributed by atoms with E-state index in [-0.39, 0.29) is 0 Å². The third-order valence-corrected chi connectivity index (χ3v) is 1.52. The third kappa shape index (κ3) is 6.51. The molecule has 78 valence electrons. The Balaban J connectivity index is 3.51. The van der Waals surface area contributed by atoms with Crippen molar-refractivity contribution in [2.45, 2.75) is 18.9 Å². The highest BCUT2D eigenvalue weighted by Gasteiger charge is 2.15. The van der Waals surface area contributed by atoms with Gasteiger partial charge in [-0.15, -0.1) is 0 Å². The predicted molar refractivity (Wildman–Crippen MR) is 47.5 cm³/mol. The second-order valence-corrected chi connectivity index (χ2v) is 2.62. The van der Waals surface area contributed by atoms with Gasteiger partial charge in [-0.1, -0.05) is 0 Å². The Morgan fingerprint density at radius 3 is 2.69 bits per heavy atom. The fourth-order valence-electron chi connectivity index (χ4n) is 0.858. The van der Waals surface area contributed by atoms with Crippen molar-refractivity contribution in [3.05, 3.63) is 0 Å². The first-order valence-corrected chi connectivity index (χ1v) is 4.25. The molecule has 0 saturated carbocycles. The van der Waals surface area contributed by atoms with Crippen LogP contribution in [0.3, 0.4) is 0 Å². The van der Waals surface area contributed by atoms with Gasteiger partial charge in [-0.3, -0.25) is 0 Å². The smallest absolute Gasteiger partial charge is 0.332 e. The molecule has 0 fully saturated rings. The Bertz CT molecular complexity index is 140. The normalized spacial score (nSPS) is 12.8. The summed E-state index contributed by atoms with van der Waals surface area (Å²) in [5, 5.41) is 8.65. The Kier molecular flexibility index (Phi) is 7.57. The maximum Gasteiger partial charge on any atom is 0.332 e. The zero-order valence-corrected chi connectivity index (χ0v) is 7.86. The van der Waals surface area contributed by atoms with E-state index in [0.717, 1.165) is 0 Å². The van der Waals surface area contributed by atoms with Crippen molar-refractivity contribution in [2.75, 3.05) is 26.9 Å². The first-order chi connectivity index (χ1) is 6.22. The fourth-order valence-corrected chi connectivity index (χ4v) is 0.858. The van der Waals surface area contributed by atoms with Crippen LogP contribution in [-0.2, 0) is 14.3 Å². The van der Waals surface area contributed by atoms with Crippen LogP contribution in [-0.4, -0.2) is 44.0 Å². The number of hydrogen-bond acceptors (Lipinski definition) is 4. The van der Waals surface area contributed by atoms with Gasteiger partial charge in [0, 0.05) is 20.3 Å². The number of nitrogens with two attached hydrogens (primary N) is 1. The van der Waals surface area contributed by atoms with E-state index < -0.39 is 12.1 Å². The average Bonchev–Trinajstić information content (AvgIpc) is 2.10. The van der Waals surface area contributed by atoms with Crippen LogP contribution in [0.5, 0.6) is 0 Å². The molecule has 5 nitrogen and oxygen atoms in total. The number of hydrogen-bond donors (Lipinski definition) is 2. The zero-order chi connectivity index (χ0) is 10.1. The lowest BCUT2D eigenvalue weighted by Crippen LogP contribution is -2.27. The number of ether oxygens (including phenoxy) is 2. The monoisotopic (exact) mass is 191 g/mol. The van der Waals surface area contributed by atoms with E-state index in [2.05, 4.69) is 0 Å². The van der Waals surface area contributed by atoms with E-state index in [1.54, 1.807) is 7.11 Å². The van der Waals surface area contributed by atoms with Crippen molar-refractivity contribution in [3.63, 3.8) is 0 Å². The van der Waals surface area contributed by atoms with E-state index in [4.69, 9.17) is 20.3 Å². The molecule has 0 aromatic heterocycles. The van der Waals surface area contributed by atoms with Crippen LogP contribution in [0, 0.1) is 0 Å². The molecule has 1 atom stereocenters. The van der Waals surface area contributed by atoms with Gasteiger partial charge in [0.1, 0.15) is 0 Å². The van der Waals surface area contributed by atoms with Crippen molar-refractivity contribution in [1.29, 1.82) is 0 Å². The standard InChI is InChI=1S/C8H17NO4/c1-12-5-2-6-13-7(3-4-9)8(10)11/h7H,2-6,9H2,1H3,(H,10,11). The van der Waals surface area contributed by atoms with Gasteiger partial charge >= 0.3 is 5.97 Å². The lowest BCUT2D eigenvalue weighted by molar-refractivity contribution is -0.150. The molecule has 0 saturated heterocycles. The lowest BCUT2D eigenvalue weighted by Gasteiger charge is -2.11. The molecule has 0 aromatic carbocycles. The highest BCUT2D eigenvalue weighted by Crippen LogP contribution is 1.98. The van der Waals surface area contributed by atoms with Gasteiger partial charge < -0.3 is 20.3 Å². The number of rotatable bonds is 8. The largest absolute Gasteiger partial charge is 0.479 e. The van der Waals surface area contributed by atoms with Gasteiger partial charge in [0.2, 0.25) is 0 Å². The number of aliphatic carboxylic acids is 1. The minimum Gasteiger partial charge on any atom is -0.479 e. The number of carboxylic acid groups (broad SMARTS) is 1. The second-order valence-electron chi connectivity index (χ2n) is 2.62. The predicted octanol–water partition coefficient (Wildman–Crippen LogP) is -0.158. The number of methoxy groups -OCH3 is 1. The van der Waals surface area contributed by atoms with Gasteiger partial charge in [0.05, 0.1) is 0 Å². The number of carbonyl (C=O) groups is 1. The van der Waals surface area contributed by atoms with Crippen molar-refractivity contribution < 1.29 is 19.4 Å². The van der Waals surface area contributed by atoms with Gasteiger partial charge in [-0.25, -0.2) is 4.79 Å². The lowest BCUT2D eigenvalue weighted by atomic mass is 10.2. The average molecular weight is 191 g/mol. The van der Waals surface area contributed by atoms with Crippen molar-refractivity contribution in [2.24, 2.45) is 5.73 Å². The van der Waals surface area contributed by atoms with Crippen LogP contribution >= 0.6 is 0 Å². The quantitative estimate of drug-likeness (QED) is 0.521. The van der Waals surface area contributed by atoms with E-state index >= 15 is 0 Å². The molecule has 0 amide bonds. The van der Waals surface area contributed by atoms with Crippen molar-refractivity contribution in [3.8, 4) is 0 Å². The van der Waals surface area contributed by atoms with E-state index in [1.807, 2.05) is 0 Å². The molecule has 3 N–H and O–H groups in total. The molecule has 0 aliphatic heterocycles. The van der Waals surface area contributed by atoms with Crippen LogP contribution in [0.15, 0.2) is 0 Å². The molecule has 0 spiro atoms.